The van der Waals surface area contributed by atoms with Gasteiger partial charge < -0.3 is 21.1 Å². The summed E-state index contributed by atoms with van der Waals surface area (Å²) in [5, 5.41) is 28.9. The summed E-state index contributed by atoms with van der Waals surface area (Å²) in [6, 6.07) is 11.9. The van der Waals surface area contributed by atoms with Crippen molar-refractivity contribution in [2.24, 2.45) is 0 Å². The standard InChI is InChI=1S/C25H33N5O6/c26-19-7-4-18(5-8-19)6-9-22(25(35)36)30-12-10-28(16-23(31)32)14-20-2-1-3-21(27-20)15-29(11-13-30)17-24(33)34/h1-5,7-8,22H,6,9-17,26H2,(H,31,32)(H,33,34)(H,35,36). The molecule has 3 rings (SSSR count). The first-order valence-electron chi connectivity index (χ1n) is 11.8. The minimum atomic E-state index is -0.976. The second-order valence-electron chi connectivity index (χ2n) is 9.00. The summed E-state index contributed by atoms with van der Waals surface area (Å²) in [6.45, 7) is 1.44. The van der Waals surface area contributed by atoms with E-state index in [9.17, 15) is 29.7 Å². The van der Waals surface area contributed by atoms with Gasteiger partial charge in [0.15, 0.2) is 0 Å². The third-order valence-corrected chi connectivity index (χ3v) is 6.17. The van der Waals surface area contributed by atoms with Gasteiger partial charge in [0.1, 0.15) is 6.04 Å². The van der Waals surface area contributed by atoms with E-state index < -0.39 is 23.9 Å². The third kappa shape index (κ3) is 8.59. The summed E-state index contributed by atoms with van der Waals surface area (Å²) in [7, 11) is 0. The zero-order valence-corrected chi connectivity index (χ0v) is 20.1. The van der Waals surface area contributed by atoms with Crippen molar-refractivity contribution >= 4 is 23.6 Å². The Morgan fingerprint density at radius 2 is 1.36 bits per heavy atom. The van der Waals surface area contributed by atoms with Gasteiger partial charge in [-0.2, -0.15) is 0 Å². The largest absolute Gasteiger partial charge is 0.480 e. The molecule has 0 radical (unpaired) electrons. The number of nitrogens with two attached hydrogens (primary N) is 1. The van der Waals surface area contributed by atoms with Crippen LogP contribution in [0.25, 0.3) is 0 Å². The lowest BCUT2D eigenvalue weighted by Crippen LogP contribution is -2.49. The highest BCUT2D eigenvalue weighted by atomic mass is 16.4. The predicted octanol–water partition coefficient (Wildman–Crippen LogP) is 0.839. The number of carbonyl (C=O) groups is 3. The molecule has 11 nitrogen and oxygen atoms in total. The Morgan fingerprint density at radius 3 is 1.83 bits per heavy atom. The van der Waals surface area contributed by atoms with Gasteiger partial charge in [-0.25, -0.2) is 0 Å². The number of hydrogen-bond acceptors (Lipinski definition) is 8. The van der Waals surface area contributed by atoms with Crippen molar-refractivity contribution < 1.29 is 29.7 Å². The zero-order valence-electron chi connectivity index (χ0n) is 20.1. The van der Waals surface area contributed by atoms with E-state index in [4.69, 9.17) is 5.73 Å². The van der Waals surface area contributed by atoms with Crippen LogP contribution in [0.3, 0.4) is 0 Å². The van der Waals surface area contributed by atoms with E-state index >= 15 is 0 Å². The molecule has 1 unspecified atom stereocenters. The van der Waals surface area contributed by atoms with Gasteiger partial charge in [0.2, 0.25) is 0 Å². The number of rotatable bonds is 9. The summed E-state index contributed by atoms with van der Waals surface area (Å²) in [5.74, 6) is -2.93. The number of hydrogen-bond donors (Lipinski definition) is 4. The molecular formula is C25H33N5O6. The smallest absolute Gasteiger partial charge is 0.320 e. The molecule has 194 valence electrons. The molecule has 0 amide bonds. The van der Waals surface area contributed by atoms with Crippen molar-refractivity contribution in [3.63, 3.8) is 0 Å². The van der Waals surface area contributed by atoms with Crippen molar-refractivity contribution in [1.29, 1.82) is 0 Å². The molecule has 0 saturated carbocycles. The van der Waals surface area contributed by atoms with Crippen LogP contribution in [0, 0.1) is 0 Å². The summed E-state index contributed by atoms with van der Waals surface area (Å²) < 4.78 is 0. The Labute approximate surface area is 209 Å². The molecule has 1 aromatic carbocycles. The number of carboxylic acids is 3. The number of nitrogen functional groups attached to an aromatic ring is 1. The lowest BCUT2D eigenvalue weighted by Gasteiger charge is -2.33. The van der Waals surface area contributed by atoms with Crippen LogP contribution < -0.4 is 5.73 Å². The van der Waals surface area contributed by atoms with Gasteiger partial charge in [-0.05, 0) is 42.7 Å². The Bertz CT molecular complexity index is 1000. The number of carboxylic acid groups (broad SMARTS) is 3. The van der Waals surface area contributed by atoms with Gasteiger partial charge in [-0.15, -0.1) is 0 Å². The second kappa shape index (κ2) is 13.0. The Morgan fingerprint density at radius 1 is 0.833 bits per heavy atom. The Balaban J connectivity index is 1.84. The molecule has 0 saturated heterocycles. The molecule has 1 aliphatic rings. The number of nitrogens with zero attached hydrogens (tertiary/aromatic N) is 4. The first-order valence-corrected chi connectivity index (χ1v) is 11.8. The van der Waals surface area contributed by atoms with Gasteiger partial charge in [0.05, 0.1) is 24.5 Å². The molecule has 1 aliphatic heterocycles. The molecule has 2 heterocycles. The number of aryl methyl sites for hydroxylation is 1. The molecule has 2 aromatic rings. The van der Waals surface area contributed by atoms with E-state index in [0.29, 0.717) is 56.1 Å². The molecule has 0 fully saturated rings. The third-order valence-electron chi connectivity index (χ3n) is 6.17. The second-order valence-corrected chi connectivity index (χ2v) is 9.00. The number of anilines is 1. The van der Waals surface area contributed by atoms with Crippen molar-refractivity contribution in [2.45, 2.75) is 32.0 Å². The normalized spacial score (nSPS) is 17.0. The molecule has 36 heavy (non-hydrogen) atoms. The van der Waals surface area contributed by atoms with Crippen LogP contribution in [0.5, 0.6) is 0 Å². The molecule has 11 heteroatoms. The van der Waals surface area contributed by atoms with E-state index in [-0.39, 0.29) is 26.2 Å². The molecule has 1 aromatic heterocycles. The van der Waals surface area contributed by atoms with Crippen LogP contribution in [-0.4, -0.2) is 98.2 Å². The van der Waals surface area contributed by atoms with E-state index in [1.807, 2.05) is 23.1 Å². The average Bonchev–Trinajstić information content (AvgIpc) is 2.80. The highest BCUT2D eigenvalue weighted by molar-refractivity contribution is 5.73. The summed E-state index contributed by atoms with van der Waals surface area (Å²) in [5.41, 5.74) is 8.70. The maximum atomic E-state index is 12.3. The Hall–Kier alpha value is -3.54. The van der Waals surface area contributed by atoms with Crippen LogP contribution >= 0.6 is 0 Å². The van der Waals surface area contributed by atoms with Crippen LogP contribution in [0.4, 0.5) is 5.69 Å². The van der Waals surface area contributed by atoms with Gasteiger partial charge in [0.25, 0.3) is 0 Å². The predicted molar refractivity (Wildman–Crippen MR) is 132 cm³/mol. The van der Waals surface area contributed by atoms with Gasteiger partial charge in [-0.1, -0.05) is 18.2 Å². The highest BCUT2D eigenvalue weighted by Gasteiger charge is 2.27. The summed E-state index contributed by atoms with van der Waals surface area (Å²) in [4.78, 5) is 45.1. The van der Waals surface area contributed by atoms with Crippen molar-refractivity contribution in [1.82, 2.24) is 19.7 Å². The van der Waals surface area contributed by atoms with Gasteiger partial charge in [0, 0.05) is 45.0 Å². The molecular weight excluding hydrogens is 466 g/mol. The van der Waals surface area contributed by atoms with Gasteiger partial charge in [-0.3, -0.25) is 34.1 Å². The Kier molecular flexibility index (Phi) is 9.74. The SMILES string of the molecule is Nc1ccc(CCC(C(=O)O)N2CCN(CC(=O)O)Cc3cccc(n3)CN(CC(=O)O)CC2)cc1. The van der Waals surface area contributed by atoms with Crippen LogP contribution in [-0.2, 0) is 33.9 Å². The fourth-order valence-corrected chi connectivity index (χ4v) is 4.39. The van der Waals surface area contributed by atoms with E-state index in [1.165, 1.54) is 0 Å². The topological polar surface area (TPSA) is 161 Å². The fourth-order valence-electron chi connectivity index (χ4n) is 4.39. The van der Waals surface area contributed by atoms with Crippen LogP contribution in [0.15, 0.2) is 42.5 Å². The summed E-state index contributed by atoms with van der Waals surface area (Å²) >= 11 is 0. The first kappa shape index (κ1) is 27.1. The number of benzene rings is 1. The zero-order chi connectivity index (χ0) is 26.1. The lowest BCUT2D eigenvalue weighted by molar-refractivity contribution is -0.145. The van der Waals surface area contributed by atoms with Crippen LogP contribution in [0.2, 0.25) is 0 Å². The molecule has 1 atom stereocenters. The first-order chi connectivity index (χ1) is 17.2. The van der Waals surface area contributed by atoms with Crippen molar-refractivity contribution in [2.75, 3.05) is 45.0 Å². The maximum absolute atomic E-state index is 12.3. The molecule has 0 aliphatic carbocycles. The minimum absolute atomic E-state index is 0.200. The summed E-state index contributed by atoms with van der Waals surface area (Å²) in [6.07, 6.45) is 0.873. The lowest BCUT2D eigenvalue weighted by atomic mass is 10.0. The maximum Gasteiger partial charge on any atom is 0.320 e. The van der Waals surface area contributed by atoms with Crippen LogP contribution in [0.1, 0.15) is 23.4 Å². The molecule has 5 N–H and O–H groups in total. The number of fused-ring (bicyclic) bond motifs is 2. The minimum Gasteiger partial charge on any atom is -0.480 e. The monoisotopic (exact) mass is 499 g/mol. The van der Waals surface area contributed by atoms with E-state index in [0.717, 1.165) is 5.56 Å². The van der Waals surface area contributed by atoms with E-state index in [2.05, 4.69) is 4.98 Å². The van der Waals surface area contributed by atoms with Gasteiger partial charge >= 0.3 is 17.9 Å². The number of aromatic nitrogens is 1. The van der Waals surface area contributed by atoms with E-state index in [1.54, 1.807) is 34.1 Å². The quantitative estimate of drug-likeness (QED) is 0.362. The average molecular weight is 500 g/mol. The fraction of sp³-hybridized carbons (Fsp3) is 0.440. The van der Waals surface area contributed by atoms with Crippen molar-refractivity contribution in [3.05, 3.63) is 59.4 Å². The number of aliphatic carboxylic acids is 3. The highest BCUT2D eigenvalue weighted by Crippen LogP contribution is 2.15. The molecule has 0 spiro atoms. The number of pyridine rings is 1. The molecule has 2 bridgehead atoms. The van der Waals surface area contributed by atoms with Crippen molar-refractivity contribution in [3.8, 4) is 0 Å².